The number of aliphatic hydroxyl groups is 1. The quantitative estimate of drug-likeness (QED) is 0.375. The van der Waals surface area contributed by atoms with E-state index >= 15 is 0 Å². The molecular formula is C13H24O3. The molecule has 0 aliphatic carbocycles. The topological polar surface area (TPSA) is 46.5 Å². The molecule has 0 radical (unpaired) electrons. The van der Waals surface area contributed by atoms with E-state index in [1.807, 2.05) is 13.0 Å². The van der Waals surface area contributed by atoms with Crippen molar-refractivity contribution >= 4 is 5.97 Å². The highest BCUT2D eigenvalue weighted by Crippen LogP contribution is 2.07. The van der Waals surface area contributed by atoms with Gasteiger partial charge in [-0.05, 0) is 33.1 Å². The molecule has 0 saturated heterocycles. The molecule has 1 atom stereocenters. The summed E-state index contributed by atoms with van der Waals surface area (Å²) in [6.45, 7) is 4.05. The molecular weight excluding hydrogens is 204 g/mol. The summed E-state index contributed by atoms with van der Waals surface area (Å²) < 4.78 is 4.76. The van der Waals surface area contributed by atoms with E-state index in [1.54, 1.807) is 6.92 Å². The molecule has 0 aromatic rings. The SMILES string of the molecule is CCOC(=O)/C=C/CCCCCCC(C)O. The van der Waals surface area contributed by atoms with Gasteiger partial charge < -0.3 is 9.84 Å². The maximum absolute atomic E-state index is 10.9. The van der Waals surface area contributed by atoms with E-state index in [0.717, 1.165) is 38.5 Å². The second kappa shape index (κ2) is 10.7. The van der Waals surface area contributed by atoms with Crippen LogP contribution in [0.2, 0.25) is 0 Å². The lowest BCUT2D eigenvalue weighted by molar-refractivity contribution is -0.137. The number of rotatable bonds is 9. The number of carbonyl (C=O) groups excluding carboxylic acids is 1. The summed E-state index contributed by atoms with van der Waals surface area (Å²) in [5.41, 5.74) is 0. The van der Waals surface area contributed by atoms with Crippen LogP contribution in [0.1, 0.15) is 52.4 Å². The van der Waals surface area contributed by atoms with Gasteiger partial charge in [0.25, 0.3) is 0 Å². The predicted octanol–water partition coefficient (Wildman–Crippen LogP) is 2.83. The van der Waals surface area contributed by atoms with Crippen LogP contribution in [0.15, 0.2) is 12.2 Å². The highest BCUT2D eigenvalue weighted by molar-refractivity contribution is 5.81. The number of esters is 1. The summed E-state index contributed by atoms with van der Waals surface area (Å²) in [5, 5.41) is 9.04. The molecule has 16 heavy (non-hydrogen) atoms. The maximum atomic E-state index is 10.9. The third-order valence-electron chi connectivity index (χ3n) is 2.28. The number of aliphatic hydroxyl groups excluding tert-OH is 1. The van der Waals surface area contributed by atoms with Crippen LogP contribution in [0, 0.1) is 0 Å². The van der Waals surface area contributed by atoms with E-state index < -0.39 is 0 Å². The van der Waals surface area contributed by atoms with Crippen molar-refractivity contribution in [3.8, 4) is 0 Å². The number of unbranched alkanes of at least 4 members (excludes halogenated alkanes) is 4. The minimum Gasteiger partial charge on any atom is -0.463 e. The van der Waals surface area contributed by atoms with Crippen LogP contribution < -0.4 is 0 Å². The summed E-state index contributed by atoms with van der Waals surface area (Å²) in [4.78, 5) is 10.9. The Morgan fingerprint density at radius 1 is 1.31 bits per heavy atom. The second-order valence-corrected chi connectivity index (χ2v) is 4.00. The molecule has 0 spiro atoms. The minimum absolute atomic E-state index is 0.177. The van der Waals surface area contributed by atoms with Crippen LogP contribution in [0.5, 0.6) is 0 Å². The largest absolute Gasteiger partial charge is 0.463 e. The van der Waals surface area contributed by atoms with Gasteiger partial charge >= 0.3 is 5.97 Å². The summed E-state index contributed by atoms with van der Waals surface area (Å²) in [6.07, 6.45) is 9.48. The highest BCUT2D eigenvalue weighted by Gasteiger charge is 1.95. The van der Waals surface area contributed by atoms with Crippen molar-refractivity contribution in [2.45, 2.75) is 58.5 Å². The van der Waals surface area contributed by atoms with E-state index in [2.05, 4.69) is 0 Å². The van der Waals surface area contributed by atoms with Crippen LogP contribution >= 0.6 is 0 Å². The first-order valence-corrected chi connectivity index (χ1v) is 6.18. The molecule has 1 N–H and O–H groups in total. The third kappa shape index (κ3) is 11.2. The van der Waals surface area contributed by atoms with Gasteiger partial charge in [0, 0.05) is 6.08 Å². The first kappa shape index (κ1) is 15.2. The molecule has 0 aromatic carbocycles. The van der Waals surface area contributed by atoms with E-state index in [0.29, 0.717) is 6.61 Å². The Kier molecular flexibility index (Phi) is 10.1. The summed E-state index contributed by atoms with van der Waals surface area (Å²) in [5.74, 6) is -0.253. The fourth-order valence-electron chi connectivity index (χ4n) is 1.43. The monoisotopic (exact) mass is 228 g/mol. The molecule has 0 heterocycles. The average molecular weight is 228 g/mol. The molecule has 94 valence electrons. The van der Waals surface area contributed by atoms with Crippen molar-refractivity contribution in [1.82, 2.24) is 0 Å². The summed E-state index contributed by atoms with van der Waals surface area (Å²) in [7, 11) is 0. The van der Waals surface area contributed by atoms with E-state index in [-0.39, 0.29) is 12.1 Å². The van der Waals surface area contributed by atoms with Gasteiger partial charge in [0.05, 0.1) is 12.7 Å². The Balaban J connectivity index is 3.23. The van der Waals surface area contributed by atoms with Gasteiger partial charge in [0.2, 0.25) is 0 Å². The lowest BCUT2D eigenvalue weighted by Gasteiger charge is -2.02. The Morgan fingerprint density at radius 3 is 2.62 bits per heavy atom. The van der Waals surface area contributed by atoms with Crippen LogP contribution in [0.25, 0.3) is 0 Å². The molecule has 0 bridgehead atoms. The molecule has 1 unspecified atom stereocenters. The fraction of sp³-hybridized carbons (Fsp3) is 0.769. The van der Waals surface area contributed by atoms with Gasteiger partial charge in [-0.15, -0.1) is 0 Å². The zero-order valence-corrected chi connectivity index (χ0v) is 10.4. The van der Waals surface area contributed by atoms with Gasteiger partial charge in [-0.3, -0.25) is 0 Å². The standard InChI is InChI=1S/C13H24O3/c1-3-16-13(15)11-9-7-5-4-6-8-10-12(2)14/h9,11-12,14H,3-8,10H2,1-2H3/b11-9+. The zero-order valence-electron chi connectivity index (χ0n) is 10.4. The molecule has 0 fully saturated rings. The highest BCUT2D eigenvalue weighted by atomic mass is 16.5. The van der Waals surface area contributed by atoms with Crippen molar-refractivity contribution < 1.29 is 14.6 Å². The van der Waals surface area contributed by atoms with Crippen molar-refractivity contribution in [2.75, 3.05) is 6.61 Å². The molecule has 0 aliphatic rings. The number of ether oxygens (including phenoxy) is 1. The van der Waals surface area contributed by atoms with Gasteiger partial charge in [-0.1, -0.05) is 25.3 Å². The van der Waals surface area contributed by atoms with Crippen LogP contribution in [0.3, 0.4) is 0 Å². The summed E-state index contributed by atoms with van der Waals surface area (Å²) in [6, 6.07) is 0. The van der Waals surface area contributed by atoms with Crippen molar-refractivity contribution in [3.05, 3.63) is 12.2 Å². The second-order valence-electron chi connectivity index (χ2n) is 4.00. The van der Waals surface area contributed by atoms with E-state index in [9.17, 15) is 4.79 Å². The normalized spacial score (nSPS) is 12.9. The van der Waals surface area contributed by atoms with Crippen molar-refractivity contribution in [3.63, 3.8) is 0 Å². The minimum atomic E-state index is -0.253. The van der Waals surface area contributed by atoms with Crippen LogP contribution in [-0.2, 0) is 9.53 Å². The van der Waals surface area contributed by atoms with E-state index in [4.69, 9.17) is 9.84 Å². The van der Waals surface area contributed by atoms with E-state index in [1.165, 1.54) is 6.08 Å². The first-order valence-electron chi connectivity index (χ1n) is 6.18. The maximum Gasteiger partial charge on any atom is 0.330 e. The van der Waals surface area contributed by atoms with Gasteiger partial charge in [0.15, 0.2) is 0 Å². The predicted molar refractivity (Wildman–Crippen MR) is 65.2 cm³/mol. The van der Waals surface area contributed by atoms with Gasteiger partial charge in [-0.25, -0.2) is 4.79 Å². The molecule has 0 rings (SSSR count). The summed E-state index contributed by atoms with van der Waals surface area (Å²) >= 11 is 0. The Hall–Kier alpha value is -0.830. The molecule has 0 aromatic heterocycles. The molecule has 3 heteroatoms. The van der Waals surface area contributed by atoms with Crippen molar-refractivity contribution in [1.29, 1.82) is 0 Å². The number of allylic oxidation sites excluding steroid dienone is 1. The average Bonchev–Trinajstić information content (AvgIpc) is 2.22. The fourth-order valence-corrected chi connectivity index (χ4v) is 1.43. The molecule has 0 amide bonds. The molecule has 0 aliphatic heterocycles. The lowest BCUT2D eigenvalue weighted by Crippen LogP contribution is -1.98. The lowest BCUT2D eigenvalue weighted by atomic mass is 10.1. The zero-order chi connectivity index (χ0) is 12.2. The Morgan fingerprint density at radius 2 is 2.00 bits per heavy atom. The number of hydrogen-bond donors (Lipinski definition) is 1. The molecule has 3 nitrogen and oxygen atoms in total. The third-order valence-corrected chi connectivity index (χ3v) is 2.28. The van der Waals surface area contributed by atoms with Crippen LogP contribution in [-0.4, -0.2) is 23.8 Å². The Bertz CT molecular complexity index is 197. The first-order chi connectivity index (χ1) is 7.66. The smallest absolute Gasteiger partial charge is 0.330 e. The number of hydrogen-bond acceptors (Lipinski definition) is 3. The van der Waals surface area contributed by atoms with Gasteiger partial charge in [-0.2, -0.15) is 0 Å². The Labute approximate surface area is 98.5 Å². The van der Waals surface area contributed by atoms with Crippen molar-refractivity contribution in [2.24, 2.45) is 0 Å². The van der Waals surface area contributed by atoms with Crippen LogP contribution in [0.4, 0.5) is 0 Å². The molecule has 0 saturated carbocycles. The van der Waals surface area contributed by atoms with Gasteiger partial charge in [0.1, 0.15) is 0 Å². The number of carbonyl (C=O) groups is 1.